The molecule has 2 aromatic rings. The normalized spacial score (nSPS) is 10.5. The van der Waals surface area contributed by atoms with E-state index in [0.717, 1.165) is 16.9 Å². The number of ether oxygens (including phenoxy) is 1. The van der Waals surface area contributed by atoms with Gasteiger partial charge in [-0.15, -0.1) is 11.6 Å². The minimum absolute atomic E-state index is 0.0915. The van der Waals surface area contributed by atoms with Crippen LogP contribution in [0.25, 0.3) is 0 Å². The average Bonchev–Trinajstić information content (AvgIpc) is 2.53. The Morgan fingerprint density at radius 3 is 2.55 bits per heavy atom. The Morgan fingerprint density at radius 2 is 1.91 bits per heavy atom. The number of hydrogen-bond donors (Lipinski definition) is 0. The van der Waals surface area contributed by atoms with Crippen molar-refractivity contribution in [3.05, 3.63) is 65.0 Å². The summed E-state index contributed by atoms with van der Waals surface area (Å²) in [6.45, 7) is 2.26. The molecule has 0 N–H and O–H groups in total. The van der Waals surface area contributed by atoms with Crippen molar-refractivity contribution in [3.63, 3.8) is 0 Å². The molecule has 2 aromatic carbocycles. The first-order chi connectivity index (χ1) is 10.6. The van der Waals surface area contributed by atoms with Crippen molar-refractivity contribution in [1.29, 1.82) is 0 Å². The number of carbonyl (C=O) groups is 1. The number of Topliss-reactive ketones (excluding diaryl/α,β-unsaturated/α-hetero) is 1. The number of halogens is 2. The lowest BCUT2D eigenvalue weighted by atomic mass is 10.0. The van der Waals surface area contributed by atoms with E-state index in [2.05, 4.69) is 0 Å². The van der Waals surface area contributed by atoms with Crippen LogP contribution in [0.1, 0.15) is 34.3 Å². The summed E-state index contributed by atoms with van der Waals surface area (Å²) in [5.74, 6) is 1.04. The smallest absolute Gasteiger partial charge is 0.162 e. The summed E-state index contributed by atoms with van der Waals surface area (Å²) in [6.07, 6.45) is 1.14. The highest BCUT2D eigenvalue weighted by Crippen LogP contribution is 2.21. The lowest BCUT2D eigenvalue weighted by Crippen LogP contribution is -2.02. The molecule has 0 aliphatic carbocycles. The second-order valence-corrected chi connectivity index (χ2v) is 5.49. The maximum atomic E-state index is 12.8. The van der Waals surface area contributed by atoms with Crippen molar-refractivity contribution in [2.45, 2.75) is 26.4 Å². The Kier molecular flexibility index (Phi) is 5.96. The van der Waals surface area contributed by atoms with Crippen LogP contribution in [0.3, 0.4) is 0 Å². The van der Waals surface area contributed by atoms with E-state index in [1.165, 1.54) is 12.1 Å². The van der Waals surface area contributed by atoms with Gasteiger partial charge in [0.1, 0.15) is 18.2 Å². The first-order valence-electron chi connectivity index (χ1n) is 7.17. The van der Waals surface area contributed by atoms with Crippen LogP contribution < -0.4 is 4.74 Å². The molecule has 0 saturated heterocycles. The zero-order valence-electron chi connectivity index (χ0n) is 12.4. The molecule has 2 rings (SSSR count). The predicted molar refractivity (Wildman–Crippen MR) is 86.2 cm³/mol. The van der Waals surface area contributed by atoms with Crippen LogP contribution in [0, 0.1) is 12.7 Å². The molecule has 0 aromatic heterocycles. The molecule has 0 amide bonds. The molecule has 0 bridgehead atoms. The Bertz CT molecular complexity index is 638. The largest absolute Gasteiger partial charge is 0.489 e. The third-order valence-corrected chi connectivity index (χ3v) is 3.61. The second kappa shape index (κ2) is 7.95. The first-order valence-corrected chi connectivity index (χ1v) is 7.70. The zero-order valence-corrected chi connectivity index (χ0v) is 13.2. The summed E-state index contributed by atoms with van der Waals surface area (Å²) < 4.78 is 18.6. The van der Waals surface area contributed by atoms with Crippen LogP contribution >= 0.6 is 11.6 Å². The lowest BCUT2D eigenvalue weighted by Gasteiger charge is -2.10. The molecular weight excluding hydrogens is 303 g/mol. The van der Waals surface area contributed by atoms with E-state index >= 15 is 0 Å². The highest BCUT2D eigenvalue weighted by molar-refractivity contribution is 6.18. The molecule has 116 valence electrons. The average molecular weight is 321 g/mol. The SMILES string of the molecule is Cc1cc(C(=O)CCCCl)ccc1OCc1ccc(F)cc1. The molecule has 4 heteroatoms. The monoisotopic (exact) mass is 320 g/mol. The first kappa shape index (κ1) is 16.5. The predicted octanol–water partition coefficient (Wildman–Crippen LogP) is 4.91. The van der Waals surface area contributed by atoms with Gasteiger partial charge >= 0.3 is 0 Å². The van der Waals surface area contributed by atoms with Crippen LogP contribution in [-0.2, 0) is 6.61 Å². The third-order valence-electron chi connectivity index (χ3n) is 3.34. The Morgan fingerprint density at radius 1 is 1.18 bits per heavy atom. The van der Waals surface area contributed by atoms with Crippen molar-refractivity contribution in [3.8, 4) is 5.75 Å². The van der Waals surface area contributed by atoms with Gasteiger partial charge in [0.25, 0.3) is 0 Å². The Balaban J connectivity index is 2.00. The highest BCUT2D eigenvalue weighted by Gasteiger charge is 2.08. The number of hydrogen-bond acceptors (Lipinski definition) is 2. The van der Waals surface area contributed by atoms with E-state index in [0.29, 0.717) is 30.9 Å². The van der Waals surface area contributed by atoms with Gasteiger partial charge in [-0.1, -0.05) is 12.1 Å². The van der Waals surface area contributed by atoms with Gasteiger partial charge in [-0.25, -0.2) is 4.39 Å². The zero-order chi connectivity index (χ0) is 15.9. The quantitative estimate of drug-likeness (QED) is 0.535. The maximum absolute atomic E-state index is 12.8. The van der Waals surface area contributed by atoms with Gasteiger partial charge in [-0.05, 0) is 54.8 Å². The van der Waals surface area contributed by atoms with Gasteiger partial charge < -0.3 is 4.74 Å². The van der Waals surface area contributed by atoms with Crippen molar-refractivity contribution >= 4 is 17.4 Å². The van der Waals surface area contributed by atoms with Crippen LogP contribution in [0.15, 0.2) is 42.5 Å². The molecule has 0 unspecified atom stereocenters. The van der Waals surface area contributed by atoms with Crippen molar-refractivity contribution < 1.29 is 13.9 Å². The molecule has 0 radical (unpaired) electrons. The van der Waals surface area contributed by atoms with Gasteiger partial charge in [0, 0.05) is 17.9 Å². The van der Waals surface area contributed by atoms with Crippen LogP contribution in [0.4, 0.5) is 4.39 Å². The minimum Gasteiger partial charge on any atom is -0.489 e. The fraction of sp³-hybridized carbons (Fsp3) is 0.278. The van der Waals surface area contributed by atoms with E-state index in [4.69, 9.17) is 16.3 Å². The van der Waals surface area contributed by atoms with Gasteiger partial charge in [-0.2, -0.15) is 0 Å². The van der Waals surface area contributed by atoms with E-state index in [9.17, 15) is 9.18 Å². The summed E-state index contributed by atoms with van der Waals surface area (Å²) in [6, 6.07) is 11.6. The van der Waals surface area contributed by atoms with Gasteiger partial charge in [-0.3, -0.25) is 4.79 Å². The molecule has 2 nitrogen and oxygen atoms in total. The van der Waals surface area contributed by atoms with Crippen LogP contribution in [0.5, 0.6) is 5.75 Å². The standard InChI is InChI=1S/C18H18ClFO2/c1-13-11-15(17(21)3-2-10-19)6-9-18(13)22-12-14-4-7-16(20)8-5-14/h4-9,11H,2-3,10,12H2,1H3. The number of benzene rings is 2. The fourth-order valence-corrected chi connectivity index (χ4v) is 2.23. The summed E-state index contributed by atoms with van der Waals surface area (Å²) in [5.41, 5.74) is 2.47. The molecule has 0 aliphatic heterocycles. The van der Waals surface area contributed by atoms with Crippen LogP contribution in [0.2, 0.25) is 0 Å². The van der Waals surface area contributed by atoms with Crippen molar-refractivity contribution in [2.75, 3.05) is 5.88 Å². The minimum atomic E-state index is -0.264. The molecule has 22 heavy (non-hydrogen) atoms. The van der Waals surface area contributed by atoms with Gasteiger partial charge in [0.2, 0.25) is 0 Å². The Hall–Kier alpha value is -1.87. The third kappa shape index (κ3) is 4.57. The van der Waals surface area contributed by atoms with E-state index < -0.39 is 0 Å². The second-order valence-electron chi connectivity index (χ2n) is 5.11. The van der Waals surface area contributed by atoms with Crippen molar-refractivity contribution in [1.82, 2.24) is 0 Å². The number of ketones is 1. The molecule has 0 fully saturated rings. The van der Waals surface area contributed by atoms with E-state index in [-0.39, 0.29) is 11.6 Å². The Labute approximate surface area is 134 Å². The number of aryl methyl sites for hydroxylation is 1. The molecule has 0 heterocycles. The van der Waals surface area contributed by atoms with E-state index in [1.54, 1.807) is 24.3 Å². The van der Waals surface area contributed by atoms with Crippen LogP contribution in [-0.4, -0.2) is 11.7 Å². The summed E-state index contributed by atoms with van der Waals surface area (Å²) in [5, 5.41) is 0. The number of rotatable bonds is 7. The molecule has 0 saturated carbocycles. The van der Waals surface area contributed by atoms with Gasteiger partial charge in [0.05, 0.1) is 0 Å². The summed E-state index contributed by atoms with van der Waals surface area (Å²) >= 11 is 5.60. The number of alkyl halides is 1. The van der Waals surface area contributed by atoms with Crippen molar-refractivity contribution in [2.24, 2.45) is 0 Å². The molecular formula is C18H18ClFO2. The maximum Gasteiger partial charge on any atom is 0.162 e. The molecule has 0 atom stereocenters. The van der Waals surface area contributed by atoms with E-state index in [1.807, 2.05) is 13.0 Å². The summed E-state index contributed by atoms with van der Waals surface area (Å²) in [7, 11) is 0. The van der Waals surface area contributed by atoms with Gasteiger partial charge in [0.15, 0.2) is 5.78 Å². The summed E-state index contributed by atoms with van der Waals surface area (Å²) in [4.78, 5) is 11.9. The fourth-order valence-electron chi connectivity index (χ4n) is 2.10. The topological polar surface area (TPSA) is 26.3 Å². The number of carbonyl (C=O) groups excluding carboxylic acids is 1. The lowest BCUT2D eigenvalue weighted by molar-refractivity contribution is 0.0982. The molecule has 0 spiro atoms. The molecule has 0 aliphatic rings. The highest BCUT2D eigenvalue weighted by atomic mass is 35.5.